The van der Waals surface area contributed by atoms with Crippen LogP contribution in [0.25, 0.3) is 10.9 Å². The number of halogens is 2. The van der Waals surface area contributed by atoms with Gasteiger partial charge in [-0.15, -0.1) is 0 Å². The third-order valence-electron chi connectivity index (χ3n) is 2.52. The average molecular weight is 256 g/mol. The first kappa shape index (κ1) is 12.0. The van der Waals surface area contributed by atoms with Crippen LogP contribution in [0.15, 0.2) is 10.9 Å². The molecule has 0 radical (unpaired) electrons. The highest BCUT2D eigenvalue weighted by molar-refractivity contribution is 6.32. The van der Waals surface area contributed by atoms with E-state index in [9.17, 15) is 9.18 Å². The molecule has 2 rings (SSSR count). The van der Waals surface area contributed by atoms with Gasteiger partial charge in [0, 0.05) is 6.04 Å². The Morgan fingerprint density at radius 3 is 2.82 bits per heavy atom. The Morgan fingerprint density at radius 1 is 1.59 bits per heavy atom. The lowest BCUT2D eigenvalue weighted by molar-refractivity contribution is 0.631. The minimum atomic E-state index is -0.703. The van der Waals surface area contributed by atoms with Gasteiger partial charge in [-0.1, -0.05) is 11.6 Å². The first-order valence-corrected chi connectivity index (χ1v) is 5.43. The normalized spacial score (nSPS) is 13.0. The summed E-state index contributed by atoms with van der Waals surface area (Å²) < 4.78 is 14.0. The monoisotopic (exact) mass is 255 g/mol. The fourth-order valence-corrected chi connectivity index (χ4v) is 1.99. The summed E-state index contributed by atoms with van der Waals surface area (Å²) in [5, 5.41) is 0.0785. The second kappa shape index (κ2) is 4.09. The molecule has 6 heteroatoms. The maximum absolute atomic E-state index is 14.0. The molecule has 3 N–H and O–H groups in total. The van der Waals surface area contributed by atoms with Crippen molar-refractivity contribution in [2.75, 3.05) is 0 Å². The second-order valence-electron chi connectivity index (χ2n) is 3.93. The van der Waals surface area contributed by atoms with Crippen LogP contribution in [-0.2, 0) is 0 Å². The molecule has 0 spiro atoms. The van der Waals surface area contributed by atoms with Gasteiger partial charge in [0.2, 0.25) is 0 Å². The van der Waals surface area contributed by atoms with Crippen LogP contribution >= 0.6 is 11.6 Å². The zero-order chi connectivity index (χ0) is 12.7. The lowest BCUT2D eigenvalue weighted by atomic mass is 10.1. The molecule has 0 bridgehead atoms. The van der Waals surface area contributed by atoms with Crippen LogP contribution in [0.4, 0.5) is 4.39 Å². The third-order valence-corrected chi connectivity index (χ3v) is 2.90. The Morgan fingerprint density at radius 2 is 2.24 bits per heavy atom. The van der Waals surface area contributed by atoms with E-state index in [0.29, 0.717) is 11.4 Å². The number of aromatic amines is 1. The van der Waals surface area contributed by atoms with E-state index in [4.69, 9.17) is 17.3 Å². The van der Waals surface area contributed by atoms with Crippen molar-refractivity contribution in [3.05, 3.63) is 38.6 Å². The summed E-state index contributed by atoms with van der Waals surface area (Å²) in [5.74, 6) is -0.364. The molecular weight excluding hydrogens is 245 g/mol. The highest BCUT2D eigenvalue weighted by atomic mass is 35.5. The van der Waals surface area contributed by atoms with Gasteiger partial charge < -0.3 is 10.7 Å². The van der Waals surface area contributed by atoms with Crippen LogP contribution in [-0.4, -0.2) is 9.97 Å². The lowest BCUT2D eigenvalue weighted by Gasteiger charge is -2.10. The van der Waals surface area contributed by atoms with Crippen molar-refractivity contribution in [2.45, 2.75) is 19.9 Å². The Labute approximate surface area is 102 Å². The Kier molecular flexibility index (Phi) is 2.89. The van der Waals surface area contributed by atoms with Crippen molar-refractivity contribution in [1.29, 1.82) is 0 Å². The van der Waals surface area contributed by atoms with Gasteiger partial charge in [-0.05, 0) is 25.5 Å². The summed E-state index contributed by atoms with van der Waals surface area (Å²) in [6, 6.07) is 1.03. The molecule has 1 aromatic heterocycles. The Bertz CT molecular complexity index is 651. The minimum absolute atomic E-state index is 0.0272. The maximum Gasteiger partial charge on any atom is 0.258 e. The first-order chi connectivity index (χ1) is 7.91. The van der Waals surface area contributed by atoms with Crippen LogP contribution in [0.3, 0.4) is 0 Å². The standard InChI is InChI=1S/C11H11ClFN3O/c1-4(14)6-3-7-10(9(13)8(6)12)15-5(2)16-11(7)17/h3-4H,14H2,1-2H3,(H,15,16,17). The molecular formula is C11H11ClFN3O. The molecule has 0 saturated carbocycles. The van der Waals surface area contributed by atoms with E-state index in [1.165, 1.54) is 6.07 Å². The summed E-state index contributed by atoms with van der Waals surface area (Å²) >= 11 is 5.86. The first-order valence-electron chi connectivity index (χ1n) is 5.06. The molecule has 4 nitrogen and oxygen atoms in total. The topological polar surface area (TPSA) is 71.8 Å². The summed E-state index contributed by atoms with van der Waals surface area (Å²) in [4.78, 5) is 18.1. The highest BCUT2D eigenvalue weighted by Crippen LogP contribution is 2.29. The Balaban J connectivity index is 2.96. The van der Waals surface area contributed by atoms with Crippen LogP contribution in [0.5, 0.6) is 0 Å². The summed E-state index contributed by atoms with van der Waals surface area (Å²) in [5.41, 5.74) is 5.64. The number of H-pyrrole nitrogens is 1. The molecule has 0 aliphatic carbocycles. The number of rotatable bonds is 1. The molecule has 17 heavy (non-hydrogen) atoms. The molecule has 0 saturated heterocycles. The molecule has 0 amide bonds. The molecule has 1 atom stereocenters. The number of nitrogens with two attached hydrogens (primary N) is 1. The number of benzene rings is 1. The van der Waals surface area contributed by atoms with Gasteiger partial charge in [-0.3, -0.25) is 4.79 Å². The molecule has 0 fully saturated rings. The molecule has 1 unspecified atom stereocenters. The molecule has 90 valence electrons. The smallest absolute Gasteiger partial charge is 0.258 e. The van der Waals surface area contributed by atoms with Crippen LogP contribution < -0.4 is 11.3 Å². The van der Waals surface area contributed by atoms with Gasteiger partial charge in [-0.2, -0.15) is 0 Å². The zero-order valence-corrected chi connectivity index (χ0v) is 10.1. The number of hydrogen-bond donors (Lipinski definition) is 2. The van der Waals surface area contributed by atoms with Gasteiger partial charge in [-0.25, -0.2) is 9.37 Å². The molecule has 0 aliphatic rings. The van der Waals surface area contributed by atoms with Crippen molar-refractivity contribution in [2.24, 2.45) is 5.73 Å². The summed E-state index contributed by atoms with van der Waals surface area (Å²) in [6.07, 6.45) is 0. The highest BCUT2D eigenvalue weighted by Gasteiger charge is 2.17. The van der Waals surface area contributed by atoms with Crippen molar-refractivity contribution in [3.63, 3.8) is 0 Å². The predicted molar refractivity (Wildman–Crippen MR) is 64.7 cm³/mol. The number of aryl methyl sites for hydroxylation is 1. The lowest BCUT2D eigenvalue weighted by Crippen LogP contribution is -2.13. The van der Waals surface area contributed by atoms with E-state index in [-0.39, 0.29) is 15.9 Å². The van der Waals surface area contributed by atoms with E-state index < -0.39 is 17.4 Å². The number of fused-ring (bicyclic) bond motifs is 1. The van der Waals surface area contributed by atoms with Crippen molar-refractivity contribution in [1.82, 2.24) is 9.97 Å². The third kappa shape index (κ3) is 1.92. The number of hydrogen-bond acceptors (Lipinski definition) is 3. The van der Waals surface area contributed by atoms with Gasteiger partial charge in [0.15, 0.2) is 5.82 Å². The fraction of sp³-hybridized carbons (Fsp3) is 0.273. The maximum atomic E-state index is 14.0. The second-order valence-corrected chi connectivity index (χ2v) is 4.31. The summed E-state index contributed by atoms with van der Waals surface area (Å²) in [6.45, 7) is 3.25. The van der Waals surface area contributed by atoms with Crippen molar-refractivity contribution >= 4 is 22.5 Å². The minimum Gasteiger partial charge on any atom is -0.324 e. The number of nitrogens with one attached hydrogen (secondary N) is 1. The number of aromatic nitrogens is 2. The average Bonchev–Trinajstić information content (AvgIpc) is 2.23. The zero-order valence-electron chi connectivity index (χ0n) is 9.34. The SMILES string of the molecule is Cc1nc2c(F)c(Cl)c(C(C)N)cc2c(=O)[nH]1. The quantitative estimate of drug-likeness (QED) is 0.819. The number of nitrogens with zero attached hydrogens (tertiary/aromatic N) is 1. The van der Waals surface area contributed by atoms with Gasteiger partial charge in [0.25, 0.3) is 5.56 Å². The van der Waals surface area contributed by atoms with Crippen LogP contribution in [0, 0.1) is 12.7 Å². The van der Waals surface area contributed by atoms with Crippen molar-refractivity contribution in [3.8, 4) is 0 Å². The molecule has 0 aliphatic heterocycles. The van der Waals surface area contributed by atoms with Gasteiger partial charge >= 0.3 is 0 Å². The van der Waals surface area contributed by atoms with E-state index in [0.717, 1.165) is 0 Å². The summed E-state index contributed by atoms with van der Waals surface area (Å²) in [7, 11) is 0. The Hall–Kier alpha value is -1.46. The predicted octanol–water partition coefficient (Wildman–Crippen LogP) is 2.04. The van der Waals surface area contributed by atoms with Gasteiger partial charge in [0.05, 0.1) is 10.4 Å². The molecule has 1 aromatic carbocycles. The van der Waals surface area contributed by atoms with Crippen LogP contribution in [0.1, 0.15) is 24.4 Å². The van der Waals surface area contributed by atoms with E-state index >= 15 is 0 Å². The van der Waals surface area contributed by atoms with Gasteiger partial charge in [0.1, 0.15) is 11.3 Å². The van der Waals surface area contributed by atoms with Crippen LogP contribution in [0.2, 0.25) is 5.02 Å². The molecule has 2 aromatic rings. The van der Waals surface area contributed by atoms with E-state index in [1.54, 1.807) is 13.8 Å². The molecule has 1 heterocycles. The van der Waals surface area contributed by atoms with Crippen molar-refractivity contribution < 1.29 is 4.39 Å². The largest absolute Gasteiger partial charge is 0.324 e. The van der Waals surface area contributed by atoms with E-state index in [1.807, 2.05) is 0 Å². The van der Waals surface area contributed by atoms with E-state index in [2.05, 4.69) is 9.97 Å². The fourth-order valence-electron chi connectivity index (χ4n) is 1.68.